The quantitative estimate of drug-likeness (QED) is 0.757. The Kier molecular flexibility index (Phi) is 3.85. The van der Waals surface area contributed by atoms with Crippen molar-refractivity contribution >= 4 is 32.8 Å². The maximum atomic E-state index is 9.65. The van der Waals surface area contributed by atoms with Crippen LogP contribution in [0, 0.1) is 0 Å². The number of benzene rings is 1. The minimum Gasteiger partial charge on any atom is -0.394 e. The highest BCUT2D eigenvalue weighted by atomic mass is 79.9. The molecular weight excluding hydrogens is 334 g/mol. The van der Waals surface area contributed by atoms with Crippen LogP contribution >= 0.6 is 15.9 Å². The van der Waals surface area contributed by atoms with Crippen LogP contribution in [-0.4, -0.2) is 31.5 Å². The van der Waals surface area contributed by atoms with E-state index in [0.29, 0.717) is 10.4 Å². The summed E-state index contributed by atoms with van der Waals surface area (Å²) in [5.41, 5.74) is 1.72. The van der Waals surface area contributed by atoms with Crippen molar-refractivity contribution in [2.75, 3.05) is 11.9 Å². The number of aromatic nitrogens is 4. The van der Waals surface area contributed by atoms with Crippen molar-refractivity contribution in [2.45, 2.75) is 6.04 Å². The van der Waals surface area contributed by atoms with Crippen molar-refractivity contribution in [1.82, 2.24) is 19.7 Å². The van der Waals surface area contributed by atoms with Gasteiger partial charge in [0, 0.05) is 7.05 Å². The van der Waals surface area contributed by atoms with Crippen LogP contribution in [0.2, 0.25) is 0 Å². The fraction of sp³-hybridized carbons (Fsp3) is 0.214. The number of rotatable bonds is 4. The van der Waals surface area contributed by atoms with Crippen molar-refractivity contribution in [3.8, 4) is 0 Å². The molecule has 0 unspecified atom stereocenters. The first-order chi connectivity index (χ1) is 10.2. The number of aliphatic hydroxyl groups excluding tert-OH is 1. The van der Waals surface area contributed by atoms with Gasteiger partial charge in [-0.3, -0.25) is 0 Å². The van der Waals surface area contributed by atoms with Gasteiger partial charge in [0.25, 0.3) is 0 Å². The number of anilines is 1. The molecule has 0 aliphatic heterocycles. The van der Waals surface area contributed by atoms with Crippen LogP contribution in [0.1, 0.15) is 11.6 Å². The number of aryl methyl sites for hydroxylation is 1. The van der Waals surface area contributed by atoms with E-state index < -0.39 is 0 Å². The number of aliphatic hydroxyl groups is 1. The van der Waals surface area contributed by atoms with Crippen molar-refractivity contribution < 1.29 is 5.11 Å². The molecule has 2 aromatic heterocycles. The first-order valence-electron chi connectivity index (χ1n) is 6.46. The molecule has 2 heterocycles. The van der Waals surface area contributed by atoms with E-state index in [9.17, 15) is 5.11 Å². The fourth-order valence-corrected chi connectivity index (χ4v) is 2.84. The number of fused-ring (bicyclic) bond motifs is 1. The summed E-state index contributed by atoms with van der Waals surface area (Å²) in [5.74, 6) is 0.642. The molecule has 1 atom stereocenters. The molecule has 1 aromatic carbocycles. The first kappa shape index (κ1) is 14.0. The topological polar surface area (TPSA) is 75.9 Å². The van der Waals surface area contributed by atoms with Crippen LogP contribution in [0.5, 0.6) is 0 Å². The van der Waals surface area contributed by atoms with Crippen LogP contribution in [0.25, 0.3) is 11.0 Å². The molecule has 0 saturated carbocycles. The average molecular weight is 348 g/mol. The maximum Gasteiger partial charge on any atom is 0.164 e. The lowest BCUT2D eigenvalue weighted by molar-refractivity contribution is 0.276. The summed E-state index contributed by atoms with van der Waals surface area (Å²) in [5, 5.41) is 18.0. The predicted octanol–water partition coefficient (Wildman–Crippen LogP) is 2.27. The number of nitrogens with zero attached hydrogens (tertiary/aromatic N) is 4. The van der Waals surface area contributed by atoms with Crippen LogP contribution in [0.3, 0.4) is 0 Å². The Morgan fingerprint density at radius 3 is 2.76 bits per heavy atom. The molecule has 0 spiro atoms. The third-order valence-electron chi connectivity index (χ3n) is 3.27. The second-order valence-electron chi connectivity index (χ2n) is 4.63. The van der Waals surface area contributed by atoms with Gasteiger partial charge in [-0.15, -0.1) is 0 Å². The number of halogens is 1. The molecular formula is C14H14BrN5O. The molecule has 0 fully saturated rings. The standard InChI is InChI=1S/C14H14BrN5O/c1-20-14-11(12(15)19-20)13(16-8-17-14)18-10(7-21)9-5-3-2-4-6-9/h2-6,8,10,21H,7H2,1H3,(H,16,17,18)/t10-/m0/s1. The van der Waals surface area contributed by atoms with Gasteiger partial charge in [0.2, 0.25) is 0 Å². The zero-order chi connectivity index (χ0) is 14.8. The molecule has 3 aromatic rings. The Bertz CT molecular complexity index is 759. The van der Waals surface area contributed by atoms with Gasteiger partial charge in [-0.2, -0.15) is 5.10 Å². The summed E-state index contributed by atoms with van der Waals surface area (Å²) >= 11 is 3.42. The van der Waals surface area contributed by atoms with Gasteiger partial charge < -0.3 is 10.4 Å². The molecule has 3 rings (SSSR count). The van der Waals surface area contributed by atoms with Crippen molar-refractivity contribution in [2.24, 2.45) is 7.05 Å². The van der Waals surface area contributed by atoms with Crippen molar-refractivity contribution in [1.29, 1.82) is 0 Å². The van der Waals surface area contributed by atoms with E-state index in [-0.39, 0.29) is 12.6 Å². The Balaban J connectivity index is 2.01. The van der Waals surface area contributed by atoms with E-state index in [1.165, 1.54) is 6.33 Å². The molecule has 0 amide bonds. The summed E-state index contributed by atoms with van der Waals surface area (Å²) in [7, 11) is 1.82. The lowest BCUT2D eigenvalue weighted by Crippen LogP contribution is -2.16. The molecule has 6 nitrogen and oxygen atoms in total. The zero-order valence-electron chi connectivity index (χ0n) is 11.4. The molecule has 7 heteroatoms. The van der Waals surface area contributed by atoms with Crippen LogP contribution in [-0.2, 0) is 7.05 Å². The summed E-state index contributed by atoms with van der Waals surface area (Å²) < 4.78 is 2.36. The van der Waals surface area contributed by atoms with Crippen LogP contribution < -0.4 is 5.32 Å². The lowest BCUT2D eigenvalue weighted by atomic mass is 10.1. The van der Waals surface area contributed by atoms with Crippen LogP contribution in [0.4, 0.5) is 5.82 Å². The summed E-state index contributed by atoms with van der Waals surface area (Å²) in [6, 6.07) is 9.51. The van der Waals surface area contributed by atoms with E-state index in [4.69, 9.17) is 0 Å². The highest BCUT2D eigenvalue weighted by Gasteiger charge is 2.17. The Morgan fingerprint density at radius 1 is 1.29 bits per heavy atom. The smallest absolute Gasteiger partial charge is 0.164 e. The van der Waals surface area contributed by atoms with Gasteiger partial charge in [-0.25, -0.2) is 14.6 Å². The van der Waals surface area contributed by atoms with Crippen molar-refractivity contribution in [3.63, 3.8) is 0 Å². The molecule has 108 valence electrons. The minimum absolute atomic E-state index is 0.0343. The number of hydrogen-bond acceptors (Lipinski definition) is 5. The van der Waals surface area contributed by atoms with Gasteiger partial charge in [-0.05, 0) is 21.5 Å². The third kappa shape index (κ3) is 2.62. The van der Waals surface area contributed by atoms with Gasteiger partial charge in [-0.1, -0.05) is 30.3 Å². The van der Waals surface area contributed by atoms with E-state index in [1.807, 2.05) is 37.4 Å². The molecule has 2 N–H and O–H groups in total. The summed E-state index contributed by atoms with van der Waals surface area (Å²) in [4.78, 5) is 8.50. The summed E-state index contributed by atoms with van der Waals surface area (Å²) in [6.07, 6.45) is 1.48. The van der Waals surface area contributed by atoms with Gasteiger partial charge in [0.1, 0.15) is 16.7 Å². The monoisotopic (exact) mass is 347 g/mol. The molecule has 0 saturated heterocycles. The zero-order valence-corrected chi connectivity index (χ0v) is 12.9. The largest absolute Gasteiger partial charge is 0.394 e. The van der Waals surface area contributed by atoms with E-state index in [0.717, 1.165) is 16.6 Å². The van der Waals surface area contributed by atoms with Gasteiger partial charge >= 0.3 is 0 Å². The van der Waals surface area contributed by atoms with E-state index in [2.05, 4.69) is 36.3 Å². The van der Waals surface area contributed by atoms with E-state index in [1.54, 1.807) is 4.68 Å². The lowest BCUT2D eigenvalue weighted by Gasteiger charge is -2.17. The number of nitrogens with one attached hydrogen (secondary N) is 1. The van der Waals surface area contributed by atoms with Crippen molar-refractivity contribution in [3.05, 3.63) is 46.8 Å². The highest BCUT2D eigenvalue weighted by molar-refractivity contribution is 9.10. The first-order valence-corrected chi connectivity index (χ1v) is 7.25. The maximum absolute atomic E-state index is 9.65. The molecule has 0 bridgehead atoms. The predicted molar refractivity (Wildman–Crippen MR) is 83.9 cm³/mol. The van der Waals surface area contributed by atoms with Gasteiger partial charge in [0.15, 0.2) is 5.65 Å². The Hall–Kier alpha value is -1.99. The number of hydrogen-bond donors (Lipinski definition) is 2. The molecule has 0 aliphatic rings. The molecule has 0 aliphatic carbocycles. The minimum atomic E-state index is -0.239. The van der Waals surface area contributed by atoms with E-state index >= 15 is 0 Å². The highest BCUT2D eigenvalue weighted by Crippen LogP contribution is 2.29. The molecule has 21 heavy (non-hydrogen) atoms. The van der Waals surface area contributed by atoms with Gasteiger partial charge in [0.05, 0.1) is 18.0 Å². The Labute approximate surface area is 130 Å². The average Bonchev–Trinajstić information content (AvgIpc) is 2.81. The normalized spacial score (nSPS) is 12.5. The third-order valence-corrected chi connectivity index (χ3v) is 3.83. The fourth-order valence-electron chi connectivity index (χ4n) is 2.23. The SMILES string of the molecule is Cn1nc(Br)c2c(N[C@@H](CO)c3ccccc3)ncnc21. The van der Waals surface area contributed by atoms with Crippen LogP contribution in [0.15, 0.2) is 41.3 Å². The summed E-state index contributed by atoms with van der Waals surface area (Å²) in [6.45, 7) is -0.0343. The Morgan fingerprint density at radius 2 is 2.05 bits per heavy atom. The second kappa shape index (κ2) is 5.79. The second-order valence-corrected chi connectivity index (χ2v) is 5.38. The molecule has 0 radical (unpaired) electrons.